The molecule has 2 saturated heterocycles. The summed E-state index contributed by atoms with van der Waals surface area (Å²) in [6.07, 6.45) is 5.58. The molecule has 2 aromatic heterocycles. The summed E-state index contributed by atoms with van der Waals surface area (Å²) in [6, 6.07) is 8.77. The zero-order valence-corrected chi connectivity index (χ0v) is 23.1. The van der Waals surface area contributed by atoms with E-state index in [0.717, 1.165) is 91.9 Å². The summed E-state index contributed by atoms with van der Waals surface area (Å²) in [5, 5.41) is 7.37. The van der Waals surface area contributed by atoms with Gasteiger partial charge in [-0.1, -0.05) is 32.0 Å². The quantitative estimate of drug-likeness (QED) is 0.480. The molecule has 1 aromatic carbocycles. The summed E-state index contributed by atoms with van der Waals surface area (Å²) in [7, 11) is 0. The van der Waals surface area contributed by atoms with Crippen molar-refractivity contribution in [2.45, 2.75) is 66.0 Å². The summed E-state index contributed by atoms with van der Waals surface area (Å²) in [4.78, 5) is 33.1. The Morgan fingerprint density at radius 2 is 1.87 bits per heavy atom. The number of benzene rings is 1. The molecule has 3 aliphatic rings. The number of nitrogens with zero attached hydrogens (tertiary/aromatic N) is 5. The van der Waals surface area contributed by atoms with E-state index in [-0.39, 0.29) is 19.0 Å². The molecule has 3 aromatic rings. The number of aromatic nitrogens is 3. The van der Waals surface area contributed by atoms with Gasteiger partial charge in [-0.3, -0.25) is 14.3 Å². The van der Waals surface area contributed by atoms with Crippen molar-refractivity contribution < 1.29 is 15.8 Å². The average Bonchev–Trinajstić information content (AvgIpc) is 3.60. The first kappa shape index (κ1) is 26.4. The van der Waals surface area contributed by atoms with Crippen molar-refractivity contribution in [2.24, 2.45) is 5.92 Å². The zero-order chi connectivity index (χ0) is 26.8. The summed E-state index contributed by atoms with van der Waals surface area (Å²) in [5.41, 5.74) is 4.43. The fourth-order valence-corrected chi connectivity index (χ4v) is 6.00. The molecule has 6 rings (SSSR count). The van der Waals surface area contributed by atoms with Gasteiger partial charge in [0.05, 0.1) is 11.7 Å². The predicted molar refractivity (Wildman–Crippen MR) is 151 cm³/mol. The van der Waals surface area contributed by atoms with Gasteiger partial charge in [0.1, 0.15) is 11.6 Å². The number of Topliss-reactive ketones (excluding diaryl/α,β-unsaturated/α-hetero) is 1. The zero-order valence-electron chi connectivity index (χ0n) is 23.1. The molecule has 8 heteroatoms. The van der Waals surface area contributed by atoms with Crippen LogP contribution < -0.4 is 4.90 Å². The van der Waals surface area contributed by atoms with Crippen molar-refractivity contribution in [1.29, 1.82) is 0 Å². The lowest BCUT2D eigenvalue weighted by Gasteiger charge is -2.29. The summed E-state index contributed by atoms with van der Waals surface area (Å²) in [6.45, 7) is 11.8. The van der Waals surface area contributed by atoms with Crippen LogP contribution in [0.3, 0.4) is 0 Å². The van der Waals surface area contributed by atoms with Crippen molar-refractivity contribution >= 4 is 28.3 Å². The maximum absolute atomic E-state index is 12.3. The highest BCUT2D eigenvalue weighted by Crippen LogP contribution is 2.37. The van der Waals surface area contributed by atoms with E-state index in [4.69, 9.17) is 14.8 Å². The number of carbonyl (C=O) groups excluding carboxylic acids is 2. The highest BCUT2D eigenvalue weighted by Gasteiger charge is 2.31. The molecule has 204 valence electrons. The second kappa shape index (κ2) is 11.2. The van der Waals surface area contributed by atoms with Crippen LogP contribution in [0.1, 0.15) is 65.7 Å². The normalized spacial score (nSPS) is 19.7. The molecule has 2 fully saturated rings. The molecule has 1 atom stereocenters. The molecule has 5 heterocycles. The maximum atomic E-state index is 12.3. The number of ketones is 1. The number of fused-ring (bicyclic) bond motifs is 2. The number of hydrogen-bond donors (Lipinski definition) is 0. The highest BCUT2D eigenvalue weighted by molar-refractivity contribution is 5.97. The summed E-state index contributed by atoms with van der Waals surface area (Å²) >= 11 is 0. The van der Waals surface area contributed by atoms with Crippen LogP contribution in [0.25, 0.3) is 22.0 Å². The third kappa shape index (κ3) is 4.94. The van der Waals surface area contributed by atoms with Gasteiger partial charge in [0.2, 0.25) is 5.91 Å². The van der Waals surface area contributed by atoms with Crippen LogP contribution in [0.15, 0.2) is 30.5 Å². The fourth-order valence-electron chi connectivity index (χ4n) is 6.00. The number of hydrogen-bond acceptors (Lipinski definition) is 6. The second-order valence-electron chi connectivity index (χ2n) is 10.4. The number of pyridine rings is 1. The van der Waals surface area contributed by atoms with Crippen LogP contribution in [-0.4, -0.2) is 64.2 Å². The molecule has 0 N–H and O–H groups in total. The molecule has 0 bridgehead atoms. The number of ether oxygens (including phenoxy) is 1. The van der Waals surface area contributed by atoms with Gasteiger partial charge >= 0.3 is 0 Å². The van der Waals surface area contributed by atoms with E-state index in [1.807, 2.05) is 24.9 Å². The fraction of sp³-hybridized carbons (Fsp3) is 0.533. The molecule has 0 spiro atoms. The molecule has 0 unspecified atom stereocenters. The Morgan fingerprint density at radius 3 is 2.58 bits per heavy atom. The van der Waals surface area contributed by atoms with Crippen molar-refractivity contribution in [1.82, 2.24) is 19.7 Å². The van der Waals surface area contributed by atoms with E-state index < -0.39 is 0 Å². The predicted octanol–water partition coefficient (Wildman–Crippen LogP) is 5.04. The Morgan fingerprint density at radius 1 is 1.08 bits per heavy atom. The Balaban J connectivity index is 0.00000115. The lowest BCUT2D eigenvalue weighted by Crippen LogP contribution is -2.35. The van der Waals surface area contributed by atoms with Gasteiger partial charge in [-0.2, -0.15) is 5.10 Å². The third-order valence-corrected chi connectivity index (χ3v) is 8.16. The van der Waals surface area contributed by atoms with Crippen LogP contribution in [0, 0.1) is 5.92 Å². The third-order valence-electron chi connectivity index (χ3n) is 8.16. The van der Waals surface area contributed by atoms with Crippen molar-refractivity contribution in [3.8, 4) is 11.3 Å². The Labute approximate surface area is 226 Å². The first-order chi connectivity index (χ1) is 18.5. The van der Waals surface area contributed by atoms with E-state index in [1.165, 1.54) is 5.69 Å². The number of rotatable bonds is 4. The smallest absolute Gasteiger partial charge is 0.219 e. The minimum Gasteiger partial charge on any atom is -0.381 e. The van der Waals surface area contributed by atoms with Gasteiger partial charge < -0.3 is 14.5 Å². The Hall–Kier alpha value is -3.26. The van der Waals surface area contributed by atoms with Gasteiger partial charge in [-0.05, 0) is 37.6 Å². The molecular formula is C30H41N5O3. The lowest BCUT2D eigenvalue weighted by molar-refractivity contribution is -0.129. The second-order valence-corrected chi connectivity index (χ2v) is 10.4. The van der Waals surface area contributed by atoms with Gasteiger partial charge in [-0.15, -0.1) is 0 Å². The van der Waals surface area contributed by atoms with Crippen LogP contribution in [-0.2, 0) is 27.3 Å². The Bertz CT molecular complexity index is 1330. The topological polar surface area (TPSA) is 80.6 Å². The number of anilines is 1. The van der Waals surface area contributed by atoms with E-state index in [9.17, 15) is 9.59 Å². The molecule has 0 radical (unpaired) electrons. The minimum atomic E-state index is 0. The molecular weight excluding hydrogens is 478 g/mol. The molecule has 1 amide bonds. The van der Waals surface area contributed by atoms with Crippen molar-refractivity contribution in [2.75, 3.05) is 37.7 Å². The molecule has 0 saturated carbocycles. The SMILES string of the molecule is CC.CC(=O)[C@@H]1CCN(c2cc3cccc(-c4nn(C5CCOCC5)c5c4CN(C(C)=O)CC5)c3cn2)C1.[HH]. The van der Waals surface area contributed by atoms with Crippen LogP contribution >= 0.6 is 0 Å². The molecule has 3 aliphatic heterocycles. The van der Waals surface area contributed by atoms with E-state index in [0.29, 0.717) is 12.6 Å². The van der Waals surface area contributed by atoms with Gasteiger partial charge in [0, 0.05) is 88.5 Å². The van der Waals surface area contributed by atoms with Gasteiger partial charge in [0.15, 0.2) is 0 Å². The summed E-state index contributed by atoms with van der Waals surface area (Å²) in [5.74, 6) is 1.37. The standard InChI is InChI=1S/C28H33N5O3.C2H6.H2/c1-18(34)21-6-10-32(16-21)27-14-20-4-3-5-23(24(20)15-29-27)28-25-17-31(19(2)35)11-7-26(25)33(30-28)22-8-12-36-13-9-22;1-2;/h3-5,14-15,21-22H,6-13,16-17H2,1-2H3;1-2H3;1H/t21-;;/m1../s1. The van der Waals surface area contributed by atoms with Crippen molar-refractivity contribution in [3.63, 3.8) is 0 Å². The maximum Gasteiger partial charge on any atom is 0.219 e. The highest BCUT2D eigenvalue weighted by atomic mass is 16.5. The average molecular weight is 520 g/mol. The monoisotopic (exact) mass is 519 g/mol. The van der Waals surface area contributed by atoms with Crippen LogP contribution in [0.2, 0.25) is 0 Å². The number of carbonyl (C=O) groups is 2. The van der Waals surface area contributed by atoms with Gasteiger partial charge in [0.25, 0.3) is 0 Å². The Kier molecular flexibility index (Phi) is 7.79. The molecule has 0 aliphatic carbocycles. The summed E-state index contributed by atoms with van der Waals surface area (Å²) < 4.78 is 7.84. The largest absolute Gasteiger partial charge is 0.381 e. The first-order valence-corrected chi connectivity index (χ1v) is 14.1. The van der Waals surface area contributed by atoms with E-state index in [1.54, 1.807) is 13.8 Å². The van der Waals surface area contributed by atoms with Crippen molar-refractivity contribution in [3.05, 3.63) is 41.7 Å². The van der Waals surface area contributed by atoms with Crippen LogP contribution in [0.4, 0.5) is 5.82 Å². The van der Waals surface area contributed by atoms with E-state index >= 15 is 0 Å². The van der Waals surface area contributed by atoms with Crippen LogP contribution in [0.5, 0.6) is 0 Å². The minimum absolute atomic E-state index is 0. The number of amides is 1. The molecule has 8 nitrogen and oxygen atoms in total. The first-order valence-electron chi connectivity index (χ1n) is 14.1. The van der Waals surface area contributed by atoms with E-state index in [2.05, 4.69) is 33.8 Å². The van der Waals surface area contributed by atoms with Gasteiger partial charge in [-0.25, -0.2) is 4.98 Å². The lowest BCUT2D eigenvalue weighted by atomic mass is 9.97. The molecule has 38 heavy (non-hydrogen) atoms.